The normalized spacial score (nSPS) is 11.5. The minimum absolute atomic E-state index is 0.00952. The van der Waals surface area contributed by atoms with Gasteiger partial charge in [0.1, 0.15) is 17.3 Å². The molecule has 2 aromatic rings. The number of halogens is 5. The van der Waals surface area contributed by atoms with E-state index in [2.05, 4.69) is 15.9 Å². The van der Waals surface area contributed by atoms with Crippen LogP contribution in [-0.4, -0.2) is 0 Å². The van der Waals surface area contributed by atoms with Crippen LogP contribution in [0.5, 0.6) is 11.5 Å². The summed E-state index contributed by atoms with van der Waals surface area (Å²) >= 11 is 3.02. The van der Waals surface area contributed by atoms with Gasteiger partial charge >= 0.3 is 6.18 Å². The molecule has 2 aromatic carbocycles. The average Bonchev–Trinajstić information content (AvgIpc) is 2.42. The third-order valence-electron chi connectivity index (χ3n) is 2.91. The zero-order valence-electron chi connectivity index (χ0n) is 11.0. The molecular formula is C15H11BrF4O. The van der Waals surface area contributed by atoms with Crippen LogP contribution in [-0.2, 0) is 11.5 Å². The van der Waals surface area contributed by atoms with Crippen molar-refractivity contribution in [1.29, 1.82) is 0 Å². The monoisotopic (exact) mass is 362 g/mol. The molecule has 2 rings (SSSR count). The molecule has 0 aliphatic rings. The summed E-state index contributed by atoms with van der Waals surface area (Å²) in [4.78, 5) is 0. The summed E-state index contributed by atoms with van der Waals surface area (Å²) in [6.07, 6.45) is -4.47. The molecule has 0 unspecified atom stereocenters. The van der Waals surface area contributed by atoms with Crippen LogP contribution in [0.1, 0.15) is 16.7 Å². The highest BCUT2D eigenvalue weighted by molar-refractivity contribution is 9.08. The van der Waals surface area contributed by atoms with Crippen molar-refractivity contribution in [2.24, 2.45) is 0 Å². The first-order valence-corrected chi connectivity index (χ1v) is 7.13. The number of hydrogen-bond donors (Lipinski definition) is 0. The zero-order chi connectivity index (χ0) is 15.6. The number of ether oxygens (including phenoxy) is 1. The number of hydrogen-bond acceptors (Lipinski definition) is 1. The molecule has 0 fully saturated rings. The fourth-order valence-corrected chi connectivity index (χ4v) is 2.26. The molecule has 0 saturated heterocycles. The van der Waals surface area contributed by atoms with Crippen LogP contribution < -0.4 is 4.74 Å². The smallest absolute Gasteiger partial charge is 0.416 e. The van der Waals surface area contributed by atoms with E-state index < -0.39 is 17.6 Å². The molecule has 0 atom stereocenters. The summed E-state index contributed by atoms with van der Waals surface area (Å²) in [7, 11) is 0. The molecule has 112 valence electrons. The van der Waals surface area contributed by atoms with Gasteiger partial charge in [0.15, 0.2) is 0 Å². The van der Waals surface area contributed by atoms with Gasteiger partial charge in [-0.3, -0.25) is 0 Å². The second-order valence-electron chi connectivity index (χ2n) is 4.46. The Balaban J connectivity index is 2.34. The molecule has 0 amide bonds. The standard InChI is InChI=1S/C15H11BrF4O/c1-9-2-4-12(7-14(9)17)21-11-5-3-10(8-16)13(6-11)15(18,19)20/h2-7H,8H2,1H3. The topological polar surface area (TPSA) is 9.23 Å². The predicted octanol–water partition coefficient (Wildman–Crippen LogP) is 5.84. The fraction of sp³-hybridized carbons (Fsp3) is 0.200. The van der Waals surface area contributed by atoms with Crippen molar-refractivity contribution in [3.63, 3.8) is 0 Å². The Morgan fingerprint density at radius 1 is 1.05 bits per heavy atom. The van der Waals surface area contributed by atoms with Crippen LogP contribution >= 0.6 is 15.9 Å². The quantitative estimate of drug-likeness (QED) is 0.492. The maximum absolute atomic E-state index is 13.4. The molecule has 0 aliphatic carbocycles. The van der Waals surface area contributed by atoms with Gasteiger partial charge in [-0.2, -0.15) is 13.2 Å². The van der Waals surface area contributed by atoms with Crippen molar-refractivity contribution in [3.05, 3.63) is 58.9 Å². The van der Waals surface area contributed by atoms with Gasteiger partial charge in [-0.15, -0.1) is 0 Å². The number of aryl methyl sites for hydroxylation is 1. The summed E-state index contributed by atoms with van der Waals surface area (Å²) in [5, 5.41) is 0.0846. The van der Waals surface area contributed by atoms with E-state index in [1.165, 1.54) is 24.3 Å². The third-order valence-corrected chi connectivity index (χ3v) is 3.51. The average molecular weight is 363 g/mol. The molecule has 0 N–H and O–H groups in total. The second kappa shape index (κ2) is 6.05. The van der Waals surface area contributed by atoms with E-state index in [1.807, 2.05) is 0 Å². The minimum atomic E-state index is -4.47. The molecule has 0 aliphatic heterocycles. The predicted molar refractivity (Wildman–Crippen MR) is 75.3 cm³/mol. The first-order chi connectivity index (χ1) is 9.81. The Morgan fingerprint density at radius 2 is 1.67 bits per heavy atom. The van der Waals surface area contributed by atoms with E-state index >= 15 is 0 Å². The van der Waals surface area contributed by atoms with E-state index in [9.17, 15) is 17.6 Å². The van der Waals surface area contributed by atoms with Crippen molar-refractivity contribution >= 4 is 15.9 Å². The summed E-state index contributed by atoms with van der Waals surface area (Å²) in [6.45, 7) is 1.59. The largest absolute Gasteiger partial charge is 0.457 e. The lowest BCUT2D eigenvalue weighted by Gasteiger charge is -2.14. The van der Waals surface area contributed by atoms with Gasteiger partial charge in [0.05, 0.1) is 5.56 Å². The molecule has 6 heteroatoms. The summed E-state index contributed by atoms with van der Waals surface area (Å²) in [5.41, 5.74) is -0.220. The number of benzene rings is 2. The highest BCUT2D eigenvalue weighted by Crippen LogP contribution is 2.36. The lowest BCUT2D eigenvalue weighted by molar-refractivity contribution is -0.138. The van der Waals surface area contributed by atoms with Gasteiger partial charge in [-0.05, 0) is 36.2 Å². The zero-order valence-corrected chi connectivity index (χ0v) is 12.6. The molecule has 21 heavy (non-hydrogen) atoms. The van der Waals surface area contributed by atoms with Gasteiger partial charge in [0, 0.05) is 11.4 Å². The van der Waals surface area contributed by atoms with Crippen LogP contribution in [0.4, 0.5) is 17.6 Å². The lowest BCUT2D eigenvalue weighted by Crippen LogP contribution is -2.08. The van der Waals surface area contributed by atoms with Crippen molar-refractivity contribution in [2.75, 3.05) is 0 Å². The summed E-state index contributed by atoms with van der Waals surface area (Å²) < 4.78 is 57.5. The van der Waals surface area contributed by atoms with Crippen LogP contribution in [0.15, 0.2) is 36.4 Å². The first-order valence-electron chi connectivity index (χ1n) is 6.01. The molecule has 0 aromatic heterocycles. The summed E-state index contributed by atoms with van der Waals surface area (Å²) in [6, 6.07) is 7.81. The Bertz CT molecular complexity index is 653. The van der Waals surface area contributed by atoms with E-state index in [1.54, 1.807) is 6.92 Å². The van der Waals surface area contributed by atoms with E-state index in [0.717, 1.165) is 12.1 Å². The first kappa shape index (κ1) is 15.8. The van der Waals surface area contributed by atoms with E-state index in [-0.39, 0.29) is 22.4 Å². The molecule has 0 spiro atoms. The maximum atomic E-state index is 13.4. The lowest BCUT2D eigenvalue weighted by atomic mass is 10.1. The van der Waals surface area contributed by atoms with Gasteiger partial charge in [0.2, 0.25) is 0 Å². The maximum Gasteiger partial charge on any atom is 0.416 e. The Morgan fingerprint density at radius 3 is 2.24 bits per heavy atom. The number of alkyl halides is 4. The van der Waals surface area contributed by atoms with Gasteiger partial charge < -0.3 is 4.74 Å². The van der Waals surface area contributed by atoms with Crippen molar-refractivity contribution in [2.45, 2.75) is 18.4 Å². The molecule has 0 bridgehead atoms. The van der Waals surface area contributed by atoms with Crippen LogP contribution in [0.2, 0.25) is 0 Å². The number of rotatable bonds is 3. The third kappa shape index (κ3) is 3.75. The van der Waals surface area contributed by atoms with Crippen molar-refractivity contribution < 1.29 is 22.3 Å². The van der Waals surface area contributed by atoms with Gasteiger partial charge in [-0.1, -0.05) is 28.1 Å². The Labute approximate surface area is 127 Å². The van der Waals surface area contributed by atoms with E-state index in [0.29, 0.717) is 5.56 Å². The van der Waals surface area contributed by atoms with Crippen LogP contribution in [0.25, 0.3) is 0 Å². The SMILES string of the molecule is Cc1ccc(Oc2ccc(CBr)c(C(F)(F)F)c2)cc1F. The Kier molecular flexibility index (Phi) is 4.56. The van der Waals surface area contributed by atoms with Gasteiger partial charge in [-0.25, -0.2) is 4.39 Å². The Hall–Kier alpha value is -1.56. The van der Waals surface area contributed by atoms with E-state index in [4.69, 9.17) is 4.74 Å². The highest BCUT2D eigenvalue weighted by Gasteiger charge is 2.33. The minimum Gasteiger partial charge on any atom is -0.457 e. The molecule has 1 nitrogen and oxygen atoms in total. The van der Waals surface area contributed by atoms with Crippen molar-refractivity contribution in [3.8, 4) is 11.5 Å². The van der Waals surface area contributed by atoms with Crippen LogP contribution in [0, 0.1) is 12.7 Å². The van der Waals surface area contributed by atoms with Crippen LogP contribution in [0.3, 0.4) is 0 Å². The second-order valence-corrected chi connectivity index (χ2v) is 5.02. The molecule has 0 heterocycles. The summed E-state index contributed by atoms with van der Waals surface area (Å²) in [5.74, 6) is -0.311. The molecular weight excluding hydrogens is 352 g/mol. The highest BCUT2D eigenvalue weighted by atomic mass is 79.9. The van der Waals surface area contributed by atoms with Crippen molar-refractivity contribution in [1.82, 2.24) is 0 Å². The fourth-order valence-electron chi connectivity index (χ4n) is 1.77. The molecule has 0 radical (unpaired) electrons. The molecule has 0 saturated carbocycles. The van der Waals surface area contributed by atoms with Gasteiger partial charge in [0.25, 0.3) is 0 Å².